The van der Waals surface area contributed by atoms with E-state index in [1.54, 1.807) is 0 Å². The molecule has 1 aliphatic heterocycles. The van der Waals surface area contributed by atoms with Gasteiger partial charge in [0, 0.05) is 6.54 Å². The molecule has 1 atom stereocenters. The SMILES string of the molecule is OC(COc1ccc2ccccc2c1)CN1CCOc2ccccc21. The first-order valence-corrected chi connectivity index (χ1v) is 8.56. The molecule has 25 heavy (non-hydrogen) atoms. The van der Waals surface area contributed by atoms with E-state index < -0.39 is 6.10 Å². The highest BCUT2D eigenvalue weighted by Crippen LogP contribution is 2.31. The average Bonchev–Trinajstić information content (AvgIpc) is 2.66. The third kappa shape index (κ3) is 3.54. The molecule has 3 aromatic carbocycles. The van der Waals surface area contributed by atoms with E-state index in [4.69, 9.17) is 9.47 Å². The van der Waals surface area contributed by atoms with Crippen LogP contribution in [0.2, 0.25) is 0 Å². The molecule has 4 rings (SSSR count). The number of para-hydroxylation sites is 2. The van der Waals surface area contributed by atoms with Crippen LogP contribution in [0.15, 0.2) is 66.7 Å². The number of fused-ring (bicyclic) bond motifs is 2. The van der Waals surface area contributed by atoms with Gasteiger partial charge in [-0.2, -0.15) is 0 Å². The highest BCUT2D eigenvalue weighted by molar-refractivity contribution is 5.83. The van der Waals surface area contributed by atoms with E-state index in [0.29, 0.717) is 13.2 Å². The van der Waals surface area contributed by atoms with Gasteiger partial charge in [-0.25, -0.2) is 0 Å². The molecule has 0 fully saturated rings. The molecule has 0 saturated carbocycles. The Labute approximate surface area is 147 Å². The van der Waals surface area contributed by atoms with Crippen molar-refractivity contribution in [3.63, 3.8) is 0 Å². The van der Waals surface area contributed by atoms with Gasteiger partial charge >= 0.3 is 0 Å². The molecule has 4 heteroatoms. The molecule has 0 bridgehead atoms. The Balaban J connectivity index is 1.38. The summed E-state index contributed by atoms with van der Waals surface area (Å²) < 4.78 is 11.4. The molecule has 0 aromatic heterocycles. The minimum Gasteiger partial charge on any atom is -0.491 e. The molecule has 128 valence electrons. The summed E-state index contributed by atoms with van der Waals surface area (Å²) in [6, 6.07) is 22.1. The second-order valence-corrected chi connectivity index (χ2v) is 6.24. The summed E-state index contributed by atoms with van der Waals surface area (Å²) in [5.74, 6) is 1.65. The van der Waals surface area contributed by atoms with Gasteiger partial charge < -0.3 is 19.5 Å². The van der Waals surface area contributed by atoms with Crippen LogP contribution >= 0.6 is 0 Å². The predicted molar refractivity (Wildman–Crippen MR) is 99.6 cm³/mol. The molecule has 0 saturated heterocycles. The molecule has 1 aliphatic rings. The summed E-state index contributed by atoms with van der Waals surface area (Å²) in [4.78, 5) is 2.15. The van der Waals surface area contributed by atoms with E-state index >= 15 is 0 Å². The van der Waals surface area contributed by atoms with Crippen LogP contribution in [-0.2, 0) is 0 Å². The Morgan fingerprint density at radius 1 is 1.00 bits per heavy atom. The quantitative estimate of drug-likeness (QED) is 0.775. The molecule has 0 amide bonds. The number of hydrogen-bond donors (Lipinski definition) is 1. The molecule has 0 aliphatic carbocycles. The van der Waals surface area contributed by atoms with Crippen molar-refractivity contribution in [1.82, 2.24) is 0 Å². The smallest absolute Gasteiger partial charge is 0.142 e. The number of rotatable bonds is 5. The van der Waals surface area contributed by atoms with Crippen LogP contribution in [0.5, 0.6) is 11.5 Å². The molecule has 3 aromatic rings. The van der Waals surface area contributed by atoms with E-state index in [0.717, 1.165) is 29.1 Å². The summed E-state index contributed by atoms with van der Waals surface area (Å²) in [6.45, 7) is 2.19. The molecule has 1 heterocycles. The normalized spacial score (nSPS) is 14.7. The van der Waals surface area contributed by atoms with Crippen molar-refractivity contribution in [2.24, 2.45) is 0 Å². The van der Waals surface area contributed by atoms with E-state index in [1.807, 2.05) is 54.6 Å². The van der Waals surface area contributed by atoms with E-state index in [9.17, 15) is 5.11 Å². The Morgan fingerprint density at radius 2 is 1.80 bits per heavy atom. The fourth-order valence-electron chi connectivity index (χ4n) is 3.17. The first-order valence-electron chi connectivity index (χ1n) is 8.56. The van der Waals surface area contributed by atoms with Gasteiger partial charge in [-0.3, -0.25) is 0 Å². The molecular weight excluding hydrogens is 314 g/mol. The molecule has 0 radical (unpaired) electrons. The van der Waals surface area contributed by atoms with Gasteiger partial charge in [0.2, 0.25) is 0 Å². The average molecular weight is 335 g/mol. The summed E-state index contributed by atoms with van der Waals surface area (Å²) in [5, 5.41) is 12.7. The largest absolute Gasteiger partial charge is 0.491 e. The van der Waals surface area contributed by atoms with Gasteiger partial charge in [0.05, 0.1) is 12.2 Å². The van der Waals surface area contributed by atoms with Gasteiger partial charge in [0.25, 0.3) is 0 Å². The summed E-state index contributed by atoms with van der Waals surface area (Å²) in [5.41, 5.74) is 1.03. The number of β-amino-alcohol motifs (C(OH)–C–C–N with tert-alkyl or cyclic N) is 1. The monoisotopic (exact) mass is 335 g/mol. The maximum absolute atomic E-state index is 10.4. The molecule has 4 nitrogen and oxygen atoms in total. The van der Waals surface area contributed by atoms with Crippen LogP contribution in [0.1, 0.15) is 0 Å². The summed E-state index contributed by atoms with van der Waals surface area (Å²) in [6.07, 6.45) is -0.572. The van der Waals surface area contributed by atoms with Crippen molar-refractivity contribution in [2.45, 2.75) is 6.10 Å². The summed E-state index contributed by atoms with van der Waals surface area (Å²) >= 11 is 0. The van der Waals surface area contributed by atoms with Crippen molar-refractivity contribution >= 4 is 16.5 Å². The Bertz CT molecular complexity index is 864. The van der Waals surface area contributed by atoms with Gasteiger partial charge in [-0.1, -0.05) is 42.5 Å². The Hall–Kier alpha value is -2.72. The topological polar surface area (TPSA) is 41.9 Å². The predicted octanol–water partition coefficient (Wildman–Crippen LogP) is 3.48. The zero-order valence-corrected chi connectivity index (χ0v) is 14.0. The minimum atomic E-state index is -0.572. The van der Waals surface area contributed by atoms with Crippen molar-refractivity contribution < 1.29 is 14.6 Å². The number of aliphatic hydroxyl groups is 1. The van der Waals surface area contributed by atoms with Crippen LogP contribution in [0, 0.1) is 0 Å². The van der Waals surface area contributed by atoms with Gasteiger partial charge in [-0.15, -0.1) is 0 Å². The van der Waals surface area contributed by atoms with Gasteiger partial charge in [-0.05, 0) is 35.0 Å². The standard InChI is InChI=1S/C21H21NO3/c23-18(14-22-11-12-24-21-8-4-3-7-20(21)22)15-25-19-10-9-16-5-1-2-6-17(16)13-19/h1-10,13,18,23H,11-12,14-15H2. The van der Waals surface area contributed by atoms with Crippen LogP contribution in [0.25, 0.3) is 10.8 Å². The van der Waals surface area contributed by atoms with Crippen molar-refractivity contribution in [3.8, 4) is 11.5 Å². The van der Waals surface area contributed by atoms with E-state index in [1.165, 1.54) is 5.39 Å². The fraction of sp³-hybridized carbons (Fsp3) is 0.238. The number of hydrogen-bond acceptors (Lipinski definition) is 4. The zero-order chi connectivity index (χ0) is 17.1. The maximum atomic E-state index is 10.4. The van der Waals surface area contributed by atoms with E-state index in [-0.39, 0.29) is 6.61 Å². The number of aliphatic hydroxyl groups excluding tert-OH is 1. The number of benzene rings is 3. The van der Waals surface area contributed by atoms with Crippen molar-refractivity contribution in [3.05, 3.63) is 66.7 Å². The van der Waals surface area contributed by atoms with Crippen LogP contribution in [-0.4, -0.2) is 37.5 Å². The Morgan fingerprint density at radius 3 is 2.72 bits per heavy atom. The fourth-order valence-corrected chi connectivity index (χ4v) is 3.17. The second-order valence-electron chi connectivity index (χ2n) is 6.24. The van der Waals surface area contributed by atoms with Crippen molar-refractivity contribution in [2.75, 3.05) is 31.2 Å². The van der Waals surface area contributed by atoms with Gasteiger partial charge in [0.1, 0.15) is 30.8 Å². The van der Waals surface area contributed by atoms with Gasteiger partial charge in [0.15, 0.2) is 0 Å². The molecular formula is C21H21NO3. The zero-order valence-electron chi connectivity index (χ0n) is 14.0. The lowest BCUT2D eigenvalue weighted by Crippen LogP contribution is -2.40. The Kier molecular flexibility index (Phi) is 4.44. The molecule has 1 unspecified atom stereocenters. The van der Waals surface area contributed by atoms with E-state index in [2.05, 4.69) is 17.0 Å². The lowest BCUT2D eigenvalue weighted by atomic mass is 10.1. The van der Waals surface area contributed by atoms with Crippen LogP contribution in [0.4, 0.5) is 5.69 Å². The second kappa shape index (κ2) is 7.03. The van der Waals surface area contributed by atoms with Crippen LogP contribution < -0.4 is 14.4 Å². The number of nitrogens with zero attached hydrogens (tertiary/aromatic N) is 1. The maximum Gasteiger partial charge on any atom is 0.142 e. The lowest BCUT2D eigenvalue weighted by molar-refractivity contribution is 0.110. The minimum absolute atomic E-state index is 0.262. The molecule has 0 spiro atoms. The van der Waals surface area contributed by atoms with Crippen molar-refractivity contribution in [1.29, 1.82) is 0 Å². The lowest BCUT2D eigenvalue weighted by Gasteiger charge is -2.32. The third-order valence-corrected chi connectivity index (χ3v) is 4.42. The summed E-state index contributed by atoms with van der Waals surface area (Å²) in [7, 11) is 0. The first kappa shape index (κ1) is 15.8. The third-order valence-electron chi connectivity index (χ3n) is 4.42. The van der Waals surface area contributed by atoms with Crippen LogP contribution in [0.3, 0.4) is 0 Å². The number of anilines is 1. The first-order chi connectivity index (χ1) is 12.3. The molecule has 1 N–H and O–H groups in total. The number of ether oxygens (including phenoxy) is 2. The highest BCUT2D eigenvalue weighted by atomic mass is 16.5. The highest BCUT2D eigenvalue weighted by Gasteiger charge is 2.20.